The van der Waals surface area contributed by atoms with E-state index in [1.807, 2.05) is 41.3 Å². The van der Waals surface area contributed by atoms with Crippen LogP contribution in [-0.4, -0.2) is 61.9 Å². The lowest BCUT2D eigenvalue weighted by Crippen LogP contribution is -2.34. The molecule has 1 fully saturated rings. The van der Waals surface area contributed by atoms with Crippen molar-refractivity contribution in [2.24, 2.45) is 7.05 Å². The second-order valence-corrected chi connectivity index (χ2v) is 7.73. The molecule has 0 saturated carbocycles. The average Bonchev–Trinajstić information content (AvgIpc) is 3.14. The Labute approximate surface area is 154 Å². The highest BCUT2D eigenvalue weighted by atomic mass is 16.2. The number of aromatic nitrogens is 4. The van der Waals surface area contributed by atoms with Gasteiger partial charge in [0.05, 0.1) is 17.1 Å². The molecule has 0 spiro atoms. The quantitative estimate of drug-likeness (QED) is 0.841. The summed E-state index contributed by atoms with van der Waals surface area (Å²) in [5, 5.41) is 9.26. The number of carbonyl (C=O) groups is 1. The molecule has 7 heteroatoms. The van der Waals surface area contributed by atoms with E-state index in [0.29, 0.717) is 5.92 Å². The van der Waals surface area contributed by atoms with E-state index in [9.17, 15) is 4.79 Å². The third kappa shape index (κ3) is 3.28. The molecule has 0 bridgehead atoms. The van der Waals surface area contributed by atoms with Gasteiger partial charge in [-0.1, -0.05) is 0 Å². The Morgan fingerprint density at radius 3 is 2.73 bits per heavy atom. The van der Waals surface area contributed by atoms with Crippen molar-refractivity contribution in [1.82, 2.24) is 29.4 Å². The Morgan fingerprint density at radius 1 is 1.12 bits per heavy atom. The molecule has 0 radical (unpaired) electrons. The first-order valence-electron chi connectivity index (χ1n) is 9.56. The molecule has 7 nitrogen and oxygen atoms in total. The van der Waals surface area contributed by atoms with Crippen molar-refractivity contribution in [2.75, 3.05) is 26.7 Å². The standard InChI is InChI=1S/C19H28N6O/c1-14-10-16(23(3)20-14)13-24-8-4-6-15(12-24)17-11-18-19(26)22(2)7-5-9-25(18)21-17/h10-11,15H,4-9,12-13H2,1-3H3. The zero-order valence-corrected chi connectivity index (χ0v) is 16.0. The van der Waals surface area contributed by atoms with Crippen LogP contribution in [0.4, 0.5) is 0 Å². The SMILES string of the molecule is Cc1cc(CN2CCCC(c3cc4n(n3)CCCN(C)C4=O)C2)n(C)n1. The Balaban J connectivity index is 1.50. The van der Waals surface area contributed by atoms with E-state index in [4.69, 9.17) is 5.10 Å². The maximum atomic E-state index is 12.5. The van der Waals surface area contributed by atoms with Gasteiger partial charge in [-0.05, 0) is 44.9 Å². The summed E-state index contributed by atoms with van der Waals surface area (Å²) in [5.41, 5.74) is 4.14. The van der Waals surface area contributed by atoms with E-state index in [-0.39, 0.29) is 5.91 Å². The van der Waals surface area contributed by atoms with Gasteiger partial charge in [0.2, 0.25) is 0 Å². The highest BCUT2D eigenvalue weighted by Crippen LogP contribution is 2.28. The lowest BCUT2D eigenvalue weighted by atomic mass is 9.94. The van der Waals surface area contributed by atoms with Crippen molar-refractivity contribution in [3.63, 3.8) is 0 Å². The summed E-state index contributed by atoms with van der Waals surface area (Å²) < 4.78 is 3.90. The maximum absolute atomic E-state index is 12.5. The van der Waals surface area contributed by atoms with Crippen molar-refractivity contribution < 1.29 is 4.79 Å². The van der Waals surface area contributed by atoms with Gasteiger partial charge >= 0.3 is 0 Å². The molecule has 2 aromatic heterocycles. The van der Waals surface area contributed by atoms with Gasteiger partial charge in [-0.25, -0.2) is 0 Å². The molecule has 140 valence electrons. The second kappa shape index (κ2) is 6.87. The molecule has 26 heavy (non-hydrogen) atoms. The monoisotopic (exact) mass is 356 g/mol. The summed E-state index contributed by atoms with van der Waals surface area (Å²) in [4.78, 5) is 16.8. The van der Waals surface area contributed by atoms with Gasteiger partial charge in [0.1, 0.15) is 5.69 Å². The van der Waals surface area contributed by atoms with E-state index >= 15 is 0 Å². The molecule has 0 aliphatic carbocycles. The number of fused-ring (bicyclic) bond motifs is 1. The van der Waals surface area contributed by atoms with Crippen LogP contribution < -0.4 is 0 Å². The first-order valence-corrected chi connectivity index (χ1v) is 9.56. The van der Waals surface area contributed by atoms with Crippen LogP contribution in [0.2, 0.25) is 0 Å². The number of likely N-dealkylation sites (tertiary alicyclic amines) is 1. The molecule has 2 aliphatic rings. The number of nitrogens with zero attached hydrogens (tertiary/aromatic N) is 6. The molecule has 2 aliphatic heterocycles. The van der Waals surface area contributed by atoms with Gasteiger partial charge in [0.25, 0.3) is 5.91 Å². The zero-order valence-electron chi connectivity index (χ0n) is 16.0. The highest BCUT2D eigenvalue weighted by molar-refractivity contribution is 5.92. The number of hydrogen-bond acceptors (Lipinski definition) is 4. The van der Waals surface area contributed by atoms with Crippen LogP contribution in [0.1, 0.15) is 52.8 Å². The first kappa shape index (κ1) is 17.3. The van der Waals surface area contributed by atoms with Crippen LogP contribution in [0.3, 0.4) is 0 Å². The summed E-state index contributed by atoms with van der Waals surface area (Å²) in [5.74, 6) is 0.495. The number of piperidine rings is 1. The summed E-state index contributed by atoms with van der Waals surface area (Å²) in [7, 11) is 3.89. The van der Waals surface area contributed by atoms with E-state index in [0.717, 1.165) is 69.1 Å². The van der Waals surface area contributed by atoms with Crippen molar-refractivity contribution in [3.05, 3.63) is 34.9 Å². The van der Waals surface area contributed by atoms with Crippen LogP contribution in [0, 0.1) is 6.92 Å². The lowest BCUT2D eigenvalue weighted by Gasteiger charge is -2.31. The van der Waals surface area contributed by atoms with Crippen LogP contribution in [-0.2, 0) is 20.1 Å². The lowest BCUT2D eigenvalue weighted by molar-refractivity contribution is 0.0796. The van der Waals surface area contributed by atoms with E-state index in [2.05, 4.69) is 16.1 Å². The van der Waals surface area contributed by atoms with E-state index in [1.165, 1.54) is 5.69 Å². The third-order valence-electron chi connectivity index (χ3n) is 5.64. The predicted octanol–water partition coefficient (Wildman–Crippen LogP) is 1.78. The fourth-order valence-electron chi connectivity index (χ4n) is 4.22. The summed E-state index contributed by atoms with van der Waals surface area (Å²) >= 11 is 0. The largest absolute Gasteiger partial charge is 0.340 e. The van der Waals surface area contributed by atoms with Crippen LogP contribution in [0.25, 0.3) is 0 Å². The van der Waals surface area contributed by atoms with Crippen molar-refractivity contribution in [2.45, 2.75) is 45.2 Å². The van der Waals surface area contributed by atoms with Crippen molar-refractivity contribution in [1.29, 1.82) is 0 Å². The Kier molecular flexibility index (Phi) is 4.56. The smallest absolute Gasteiger partial charge is 0.271 e. The van der Waals surface area contributed by atoms with E-state index in [1.54, 1.807) is 0 Å². The van der Waals surface area contributed by atoms with Gasteiger partial charge in [-0.3, -0.25) is 19.1 Å². The molecule has 1 saturated heterocycles. The van der Waals surface area contributed by atoms with Crippen LogP contribution in [0.5, 0.6) is 0 Å². The number of rotatable bonds is 3. The van der Waals surface area contributed by atoms with Crippen LogP contribution >= 0.6 is 0 Å². The minimum atomic E-state index is 0.0966. The molecule has 0 aromatic carbocycles. The molecule has 0 N–H and O–H groups in total. The molecule has 4 rings (SSSR count). The topological polar surface area (TPSA) is 59.2 Å². The maximum Gasteiger partial charge on any atom is 0.271 e. The fourth-order valence-corrected chi connectivity index (χ4v) is 4.22. The summed E-state index contributed by atoms with van der Waals surface area (Å²) in [6, 6.07) is 4.20. The molecule has 1 atom stereocenters. The van der Waals surface area contributed by atoms with Crippen LogP contribution in [0.15, 0.2) is 12.1 Å². The average molecular weight is 356 g/mol. The van der Waals surface area contributed by atoms with Crippen molar-refractivity contribution >= 4 is 5.91 Å². The van der Waals surface area contributed by atoms with Gasteiger partial charge in [-0.15, -0.1) is 0 Å². The number of aryl methyl sites for hydroxylation is 3. The van der Waals surface area contributed by atoms with Crippen molar-refractivity contribution in [3.8, 4) is 0 Å². The molecule has 4 heterocycles. The number of hydrogen-bond donors (Lipinski definition) is 0. The predicted molar refractivity (Wildman–Crippen MR) is 99.0 cm³/mol. The third-order valence-corrected chi connectivity index (χ3v) is 5.64. The van der Waals surface area contributed by atoms with E-state index < -0.39 is 0 Å². The minimum absolute atomic E-state index is 0.0966. The molecule has 1 unspecified atom stereocenters. The van der Waals surface area contributed by atoms with Gasteiger partial charge < -0.3 is 4.90 Å². The minimum Gasteiger partial charge on any atom is -0.340 e. The Morgan fingerprint density at radius 2 is 1.96 bits per heavy atom. The molecule has 2 aromatic rings. The molecular formula is C19H28N6O. The summed E-state index contributed by atoms with van der Waals surface area (Å²) in [6.45, 7) is 6.69. The zero-order chi connectivity index (χ0) is 18.3. The summed E-state index contributed by atoms with van der Waals surface area (Å²) in [6.07, 6.45) is 3.27. The Bertz CT molecular complexity index is 807. The highest BCUT2D eigenvalue weighted by Gasteiger charge is 2.28. The normalized spacial score (nSPS) is 21.7. The van der Waals surface area contributed by atoms with Gasteiger partial charge in [0, 0.05) is 46.2 Å². The molecular weight excluding hydrogens is 328 g/mol. The Hall–Kier alpha value is -2.15. The number of carbonyl (C=O) groups excluding carboxylic acids is 1. The molecule has 1 amide bonds. The second-order valence-electron chi connectivity index (χ2n) is 7.73. The number of amides is 1. The van der Waals surface area contributed by atoms with Gasteiger partial charge in [-0.2, -0.15) is 10.2 Å². The van der Waals surface area contributed by atoms with Gasteiger partial charge in [0.15, 0.2) is 0 Å². The fraction of sp³-hybridized carbons (Fsp3) is 0.632. The first-order chi connectivity index (χ1) is 12.5.